The molecule has 0 fully saturated rings. The number of anilines is 1. The normalized spacial score (nSPS) is 12.2. The van der Waals surface area contributed by atoms with Crippen molar-refractivity contribution < 1.29 is 13.4 Å². The van der Waals surface area contributed by atoms with Gasteiger partial charge in [-0.05, 0) is 32.0 Å². The van der Waals surface area contributed by atoms with E-state index in [1.54, 1.807) is 4.90 Å². The topological polar surface area (TPSA) is 63.4 Å². The Morgan fingerprint density at radius 2 is 2.00 bits per heavy atom. The lowest BCUT2D eigenvalue weighted by Gasteiger charge is -2.18. The number of amides is 1. The van der Waals surface area contributed by atoms with Gasteiger partial charge < -0.3 is 10.6 Å². The van der Waals surface area contributed by atoms with Crippen LogP contribution < -0.4 is 5.73 Å². The van der Waals surface area contributed by atoms with Crippen LogP contribution >= 0.6 is 0 Å². The molecule has 6 heteroatoms. The van der Waals surface area contributed by atoms with E-state index in [-0.39, 0.29) is 17.3 Å². The maximum atomic E-state index is 12.9. The highest BCUT2D eigenvalue weighted by molar-refractivity contribution is 7.86. The first-order valence-electron chi connectivity index (χ1n) is 5.70. The van der Waals surface area contributed by atoms with Gasteiger partial charge in [-0.3, -0.25) is 9.00 Å². The fourth-order valence-corrected chi connectivity index (χ4v) is 2.69. The van der Waals surface area contributed by atoms with Crippen LogP contribution in [0.1, 0.15) is 13.8 Å². The summed E-state index contributed by atoms with van der Waals surface area (Å²) in [4.78, 5) is 13.7. The molecule has 1 rings (SSSR count). The van der Waals surface area contributed by atoms with Gasteiger partial charge in [-0.25, -0.2) is 4.39 Å². The first-order valence-corrected chi connectivity index (χ1v) is 7.02. The molecule has 4 nitrogen and oxygen atoms in total. The number of carbonyl (C=O) groups excluding carboxylic acids is 1. The van der Waals surface area contributed by atoms with Crippen LogP contribution in [0.25, 0.3) is 0 Å². The predicted octanol–water partition coefficient (Wildman–Crippen LogP) is 1.38. The third-order valence-electron chi connectivity index (χ3n) is 2.59. The molecular weight excluding hydrogens is 255 g/mol. The first-order chi connectivity index (χ1) is 8.49. The molecule has 1 amide bonds. The van der Waals surface area contributed by atoms with Gasteiger partial charge in [0.1, 0.15) is 11.6 Å². The number of hydrogen-bond acceptors (Lipinski definition) is 3. The van der Waals surface area contributed by atoms with Crippen LogP contribution in [0.15, 0.2) is 23.1 Å². The summed E-state index contributed by atoms with van der Waals surface area (Å²) in [5, 5.41) is 0. The lowest BCUT2D eigenvalue weighted by atomic mass is 10.3. The second-order valence-corrected chi connectivity index (χ2v) is 5.16. The zero-order valence-corrected chi connectivity index (χ0v) is 11.3. The van der Waals surface area contributed by atoms with Gasteiger partial charge in [-0.15, -0.1) is 0 Å². The van der Waals surface area contributed by atoms with Crippen LogP contribution in [-0.4, -0.2) is 33.9 Å². The Morgan fingerprint density at radius 1 is 1.39 bits per heavy atom. The molecular formula is C12H17FN2O2S. The van der Waals surface area contributed by atoms with E-state index in [2.05, 4.69) is 0 Å². The van der Waals surface area contributed by atoms with Crippen molar-refractivity contribution in [3.63, 3.8) is 0 Å². The summed E-state index contributed by atoms with van der Waals surface area (Å²) in [6, 6.07) is 3.65. The molecule has 1 aromatic rings. The zero-order chi connectivity index (χ0) is 13.7. The van der Waals surface area contributed by atoms with E-state index in [1.807, 2.05) is 13.8 Å². The van der Waals surface area contributed by atoms with E-state index in [9.17, 15) is 13.4 Å². The van der Waals surface area contributed by atoms with E-state index in [0.29, 0.717) is 18.0 Å². The van der Waals surface area contributed by atoms with E-state index >= 15 is 0 Å². The number of nitrogens with zero attached hydrogens (tertiary/aromatic N) is 1. The van der Waals surface area contributed by atoms with Crippen molar-refractivity contribution >= 4 is 22.4 Å². The molecule has 1 atom stereocenters. The number of halogens is 1. The Kier molecular flexibility index (Phi) is 5.27. The molecule has 0 saturated carbocycles. The highest BCUT2D eigenvalue weighted by Crippen LogP contribution is 2.18. The van der Waals surface area contributed by atoms with Crippen LogP contribution in [-0.2, 0) is 15.6 Å². The minimum atomic E-state index is -1.54. The summed E-state index contributed by atoms with van der Waals surface area (Å²) in [6.07, 6.45) is 0. The Hall–Kier alpha value is -1.43. The molecule has 1 unspecified atom stereocenters. The van der Waals surface area contributed by atoms with Crippen molar-refractivity contribution in [2.75, 3.05) is 24.6 Å². The number of carbonyl (C=O) groups is 1. The lowest BCUT2D eigenvalue weighted by Crippen LogP contribution is -2.34. The van der Waals surface area contributed by atoms with Crippen LogP contribution in [0, 0.1) is 5.82 Å². The molecule has 0 aliphatic rings. The molecule has 0 radical (unpaired) electrons. The molecule has 0 heterocycles. The van der Waals surface area contributed by atoms with Gasteiger partial charge in [0.15, 0.2) is 0 Å². The van der Waals surface area contributed by atoms with Gasteiger partial charge >= 0.3 is 0 Å². The van der Waals surface area contributed by atoms with Gasteiger partial charge in [0, 0.05) is 13.1 Å². The van der Waals surface area contributed by atoms with E-state index in [4.69, 9.17) is 5.73 Å². The number of rotatable bonds is 5. The summed E-state index contributed by atoms with van der Waals surface area (Å²) >= 11 is 0. The molecule has 2 N–H and O–H groups in total. The number of nitrogen functional groups attached to an aromatic ring is 1. The van der Waals surface area contributed by atoms with Crippen molar-refractivity contribution in [1.29, 1.82) is 0 Å². The molecule has 0 aromatic heterocycles. The third-order valence-corrected chi connectivity index (χ3v) is 3.96. The minimum Gasteiger partial charge on any atom is -0.398 e. The zero-order valence-electron chi connectivity index (χ0n) is 10.5. The number of hydrogen-bond donors (Lipinski definition) is 1. The molecule has 18 heavy (non-hydrogen) atoms. The average Bonchev–Trinajstić information content (AvgIpc) is 2.30. The van der Waals surface area contributed by atoms with E-state index in [0.717, 1.165) is 6.07 Å². The summed E-state index contributed by atoms with van der Waals surface area (Å²) < 4.78 is 24.8. The van der Waals surface area contributed by atoms with Crippen molar-refractivity contribution in [2.24, 2.45) is 0 Å². The monoisotopic (exact) mass is 272 g/mol. The maximum absolute atomic E-state index is 12.9. The molecule has 0 bridgehead atoms. The van der Waals surface area contributed by atoms with E-state index in [1.165, 1.54) is 12.1 Å². The fourth-order valence-electron chi connectivity index (χ4n) is 1.58. The lowest BCUT2D eigenvalue weighted by molar-refractivity contribution is -0.128. The van der Waals surface area contributed by atoms with Crippen LogP contribution in [0.5, 0.6) is 0 Å². The Balaban J connectivity index is 2.79. The van der Waals surface area contributed by atoms with Crippen LogP contribution in [0.4, 0.5) is 10.1 Å². The van der Waals surface area contributed by atoms with Crippen LogP contribution in [0.3, 0.4) is 0 Å². The Labute approximate surface area is 108 Å². The second kappa shape index (κ2) is 6.49. The van der Waals surface area contributed by atoms with Crippen LogP contribution in [0.2, 0.25) is 0 Å². The summed E-state index contributed by atoms with van der Waals surface area (Å²) in [5.74, 6) is -0.803. The number of nitrogens with two attached hydrogens (primary N) is 1. The maximum Gasteiger partial charge on any atom is 0.235 e. The van der Waals surface area contributed by atoms with Gasteiger partial charge in [0.05, 0.1) is 21.4 Å². The minimum absolute atomic E-state index is 0.112. The molecule has 0 aliphatic carbocycles. The molecule has 1 aromatic carbocycles. The third kappa shape index (κ3) is 3.53. The average molecular weight is 272 g/mol. The van der Waals surface area contributed by atoms with Crippen molar-refractivity contribution in [3.05, 3.63) is 24.0 Å². The smallest absolute Gasteiger partial charge is 0.235 e. The Morgan fingerprint density at radius 3 is 2.50 bits per heavy atom. The number of benzene rings is 1. The standard InChI is InChI=1S/C12H17FN2O2S/c1-3-15(4-2)12(16)8-18(17)11-6-5-9(13)7-10(11)14/h5-7H,3-4,8,14H2,1-2H3. The molecule has 0 saturated heterocycles. The van der Waals surface area contributed by atoms with Gasteiger partial charge in [0.25, 0.3) is 0 Å². The summed E-state index contributed by atoms with van der Waals surface area (Å²) in [6.45, 7) is 4.87. The molecule has 0 spiro atoms. The second-order valence-electron chi connectivity index (χ2n) is 3.74. The highest BCUT2D eigenvalue weighted by Gasteiger charge is 2.16. The molecule has 100 valence electrons. The SMILES string of the molecule is CCN(CC)C(=O)CS(=O)c1ccc(F)cc1N. The Bertz CT molecular complexity index is 461. The summed E-state index contributed by atoms with van der Waals surface area (Å²) in [7, 11) is -1.54. The predicted molar refractivity (Wildman–Crippen MR) is 70.0 cm³/mol. The van der Waals surface area contributed by atoms with Gasteiger partial charge in [0.2, 0.25) is 5.91 Å². The van der Waals surface area contributed by atoms with Gasteiger partial charge in [-0.1, -0.05) is 0 Å². The summed E-state index contributed by atoms with van der Waals surface area (Å²) in [5.41, 5.74) is 5.69. The van der Waals surface area contributed by atoms with Crippen molar-refractivity contribution in [1.82, 2.24) is 4.90 Å². The quantitative estimate of drug-likeness (QED) is 0.824. The van der Waals surface area contributed by atoms with Crippen molar-refractivity contribution in [2.45, 2.75) is 18.7 Å². The highest BCUT2D eigenvalue weighted by atomic mass is 32.2. The van der Waals surface area contributed by atoms with E-state index < -0.39 is 16.6 Å². The first kappa shape index (κ1) is 14.6. The largest absolute Gasteiger partial charge is 0.398 e. The van der Waals surface area contributed by atoms with Gasteiger partial charge in [-0.2, -0.15) is 0 Å². The molecule has 0 aliphatic heterocycles. The van der Waals surface area contributed by atoms with Crippen molar-refractivity contribution in [3.8, 4) is 0 Å². The fraction of sp³-hybridized carbons (Fsp3) is 0.417.